The third-order valence-corrected chi connectivity index (χ3v) is 4.62. The molecule has 138 valence electrons. The summed E-state index contributed by atoms with van der Waals surface area (Å²) in [5, 5.41) is 0. The van der Waals surface area contributed by atoms with Crippen LogP contribution in [0.1, 0.15) is 35.3 Å². The summed E-state index contributed by atoms with van der Waals surface area (Å²) >= 11 is 0. The maximum atomic E-state index is 12.9. The molecular formula is C23H23NO3. The Kier molecular flexibility index (Phi) is 5.55. The summed E-state index contributed by atoms with van der Waals surface area (Å²) in [6, 6.07) is 17.0. The van der Waals surface area contributed by atoms with E-state index in [4.69, 9.17) is 4.74 Å². The van der Waals surface area contributed by atoms with Gasteiger partial charge in [-0.1, -0.05) is 49.0 Å². The van der Waals surface area contributed by atoms with E-state index in [1.165, 1.54) is 0 Å². The molecule has 4 heteroatoms. The molecule has 0 spiro atoms. The second-order valence-electron chi connectivity index (χ2n) is 6.58. The van der Waals surface area contributed by atoms with Crippen molar-refractivity contribution in [3.05, 3.63) is 89.0 Å². The van der Waals surface area contributed by atoms with E-state index in [-0.39, 0.29) is 11.9 Å². The van der Waals surface area contributed by atoms with Crippen molar-refractivity contribution < 1.29 is 14.3 Å². The van der Waals surface area contributed by atoms with Gasteiger partial charge >= 0.3 is 5.97 Å². The molecule has 1 aliphatic heterocycles. The minimum atomic E-state index is -0.351. The largest absolute Gasteiger partial charge is 0.462 e. The van der Waals surface area contributed by atoms with Gasteiger partial charge in [0.25, 0.3) is 5.91 Å². The summed E-state index contributed by atoms with van der Waals surface area (Å²) in [6.07, 6.45) is 0. The number of nitrogens with zero attached hydrogens (tertiary/aromatic N) is 1. The molecule has 0 bridgehead atoms. The van der Waals surface area contributed by atoms with E-state index in [2.05, 4.69) is 6.58 Å². The molecule has 0 aliphatic carbocycles. The van der Waals surface area contributed by atoms with Gasteiger partial charge < -0.3 is 9.64 Å². The SMILES string of the molecule is C=C(C1=C(C)CN(Cc2ccccc2)C1=O)c1ccc(C(=O)OCC)cc1. The quantitative estimate of drug-likeness (QED) is 0.723. The monoisotopic (exact) mass is 361 g/mol. The van der Waals surface area contributed by atoms with Crippen molar-refractivity contribution in [2.45, 2.75) is 20.4 Å². The van der Waals surface area contributed by atoms with Gasteiger partial charge in [0, 0.05) is 18.7 Å². The summed E-state index contributed by atoms with van der Waals surface area (Å²) in [5.41, 5.74) is 4.77. The highest BCUT2D eigenvalue weighted by atomic mass is 16.5. The third kappa shape index (κ3) is 4.00. The standard InChI is InChI=1S/C23H23NO3/c1-4-27-23(26)20-12-10-19(11-13-20)17(3)21-16(2)14-24(22(21)25)15-18-8-6-5-7-9-18/h5-13H,3-4,14-15H2,1-2H3. The van der Waals surface area contributed by atoms with Crippen LogP contribution in [0.2, 0.25) is 0 Å². The number of rotatable bonds is 6. The number of amides is 1. The Bertz CT molecular complexity index is 895. The Morgan fingerprint density at radius 3 is 2.33 bits per heavy atom. The van der Waals surface area contributed by atoms with E-state index < -0.39 is 0 Å². The van der Waals surface area contributed by atoms with Crippen LogP contribution in [0.5, 0.6) is 0 Å². The first-order valence-corrected chi connectivity index (χ1v) is 9.01. The maximum Gasteiger partial charge on any atom is 0.338 e. The van der Waals surface area contributed by atoms with Crippen molar-refractivity contribution in [2.75, 3.05) is 13.2 Å². The van der Waals surface area contributed by atoms with E-state index >= 15 is 0 Å². The van der Waals surface area contributed by atoms with Crippen LogP contribution < -0.4 is 0 Å². The molecule has 0 saturated carbocycles. The molecule has 27 heavy (non-hydrogen) atoms. The topological polar surface area (TPSA) is 46.6 Å². The van der Waals surface area contributed by atoms with Crippen LogP contribution in [0, 0.1) is 0 Å². The second-order valence-corrected chi connectivity index (χ2v) is 6.58. The zero-order valence-electron chi connectivity index (χ0n) is 15.7. The van der Waals surface area contributed by atoms with E-state index in [0.717, 1.165) is 16.7 Å². The lowest BCUT2D eigenvalue weighted by Crippen LogP contribution is -2.26. The van der Waals surface area contributed by atoms with Gasteiger partial charge in [0.1, 0.15) is 0 Å². The number of esters is 1. The molecule has 2 aromatic carbocycles. The molecule has 0 aromatic heterocycles. The van der Waals surface area contributed by atoms with Gasteiger partial charge in [-0.25, -0.2) is 4.79 Å². The van der Waals surface area contributed by atoms with Crippen LogP contribution >= 0.6 is 0 Å². The highest BCUT2D eigenvalue weighted by Gasteiger charge is 2.30. The number of ether oxygens (including phenoxy) is 1. The van der Waals surface area contributed by atoms with Gasteiger partial charge in [0.15, 0.2) is 0 Å². The normalized spacial score (nSPS) is 13.9. The molecule has 0 fully saturated rings. The Morgan fingerprint density at radius 1 is 1.07 bits per heavy atom. The van der Waals surface area contributed by atoms with Gasteiger partial charge in [-0.2, -0.15) is 0 Å². The minimum absolute atomic E-state index is 0.00387. The van der Waals surface area contributed by atoms with Crippen molar-refractivity contribution in [3.63, 3.8) is 0 Å². The molecule has 0 N–H and O–H groups in total. The molecule has 3 rings (SSSR count). The average molecular weight is 361 g/mol. The van der Waals surface area contributed by atoms with Gasteiger partial charge in [0.2, 0.25) is 0 Å². The molecule has 2 aromatic rings. The fourth-order valence-electron chi connectivity index (χ4n) is 3.26. The number of benzene rings is 2. The number of carbonyl (C=O) groups is 2. The van der Waals surface area contributed by atoms with Gasteiger partial charge in [-0.05, 0) is 48.3 Å². The summed E-state index contributed by atoms with van der Waals surface area (Å²) in [6.45, 7) is 9.40. The molecule has 0 radical (unpaired) electrons. The first kappa shape index (κ1) is 18.6. The first-order chi connectivity index (χ1) is 13.0. The van der Waals surface area contributed by atoms with Crippen LogP contribution in [0.4, 0.5) is 0 Å². The highest BCUT2D eigenvalue weighted by Crippen LogP contribution is 2.31. The summed E-state index contributed by atoms with van der Waals surface area (Å²) < 4.78 is 5.00. The molecule has 0 saturated heterocycles. The predicted octanol–water partition coefficient (Wildman–Crippen LogP) is 4.24. The summed E-state index contributed by atoms with van der Waals surface area (Å²) in [7, 11) is 0. The lowest BCUT2D eigenvalue weighted by Gasteiger charge is -2.17. The molecule has 0 atom stereocenters. The smallest absolute Gasteiger partial charge is 0.338 e. The van der Waals surface area contributed by atoms with E-state index in [0.29, 0.717) is 36.4 Å². The summed E-state index contributed by atoms with van der Waals surface area (Å²) in [5.74, 6) is -0.355. The summed E-state index contributed by atoms with van der Waals surface area (Å²) in [4.78, 5) is 26.5. The van der Waals surface area contributed by atoms with Gasteiger partial charge in [-0.15, -0.1) is 0 Å². The van der Waals surface area contributed by atoms with E-state index in [1.807, 2.05) is 54.3 Å². The predicted molar refractivity (Wildman–Crippen MR) is 106 cm³/mol. The lowest BCUT2D eigenvalue weighted by molar-refractivity contribution is -0.125. The van der Waals surface area contributed by atoms with Crippen LogP contribution in [0.25, 0.3) is 5.57 Å². The van der Waals surface area contributed by atoms with Gasteiger partial charge in [0.05, 0.1) is 12.2 Å². The highest BCUT2D eigenvalue weighted by molar-refractivity contribution is 6.11. The Morgan fingerprint density at radius 2 is 1.70 bits per heavy atom. The number of hydrogen-bond acceptors (Lipinski definition) is 3. The fraction of sp³-hybridized carbons (Fsp3) is 0.217. The van der Waals surface area contributed by atoms with Crippen molar-refractivity contribution in [1.82, 2.24) is 4.90 Å². The number of hydrogen-bond donors (Lipinski definition) is 0. The Labute approximate surface area is 159 Å². The van der Waals surface area contributed by atoms with Crippen LogP contribution in [0.15, 0.2) is 72.3 Å². The maximum absolute atomic E-state index is 12.9. The molecule has 1 amide bonds. The minimum Gasteiger partial charge on any atom is -0.462 e. The molecule has 4 nitrogen and oxygen atoms in total. The average Bonchev–Trinajstić information content (AvgIpc) is 2.95. The third-order valence-electron chi connectivity index (χ3n) is 4.62. The lowest BCUT2D eigenvalue weighted by atomic mass is 9.96. The van der Waals surface area contributed by atoms with E-state index in [1.54, 1.807) is 19.1 Å². The molecule has 1 aliphatic rings. The zero-order chi connectivity index (χ0) is 19.4. The van der Waals surface area contributed by atoms with Crippen LogP contribution in [-0.2, 0) is 16.1 Å². The second kappa shape index (κ2) is 8.04. The first-order valence-electron chi connectivity index (χ1n) is 9.01. The Hall–Kier alpha value is -3.14. The van der Waals surface area contributed by atoms with Crippen molar-refractivity contribution in [2.24, 2.45) is 0 Å². The zero-order valence-corrected chi connectivity index (χ0v) is 15.7. The molecule has 1 heterocycles. The molecule has 0 unspecified atom stereocenters. The molecular weight excluding hydrogens is 338 g/mol. The fourth-order valence-corrected chi connectivity index (χ4v) is 3.26. The van der Waals surface area contributed by atoms with Crippen LogP contribution in [0.3, 0.4) is 0 Å². The Balaban J connectivity index is 1.75. The van der Waals surface area contributed by atoms with Crippen molar-refractivity contribution in [1.29, 1.82) is 0 Å². The number of carbonyl (C=O) groups excluding carboxylic acids is 2. The van der Waals surface area contributed by atoms with Crippen LogP contribution in [-0.4, -0.2) is 29.9 Å². The van der Waals surface area contributed by atoms with Crippen molar-refractivity contribution >= 4 is 17.4 Å². The van der Waals surface area contributed by atoms with E-state index in [9.17, 15) is 9.59 Å². The van der Waals surface area contributed by atoms with Crippen molar-refractivity contribution in [3.8, 4) is 0 Å². The van der Waals surface area contributed by atoms with Gasteiger partial charge in [-0.3, -0.25) is 4.79 Å².